The van der Waals surface area contributed by atoms with E-state index in [-0.39, 0.29) is 11.9 Å². The van der Waals surface area contributed by atoms with Crippen LogP contribution in [0.2, 0.25) is 0 Å². The normalized spacial score (nSPS) is 18.5. The highest BCUT2D eigenvalue weighted by atomic mass is 16.5. The number of piperidine rings is 2. The number of aromatic nitrogens is 4. The smallest absolute Gasteiger partial charge is 0.262 e. The summed E-state index contributed by atoms with van der Waals surface area (Å²) >= 11 is 0. The number of nitrogens with one attached hydrogen (secondary N) is 1. The number of amides is 3. The van der Waals surface area contributed by atoms with Crippen LogP contribution in [0.25, 0.3) is 22.3 Å². The van der Waals surface area contributed by atoms with Crippen molar-refractivity contribution < 1.29 is 19.1 Å². The number of rotatable bonds is 8. The number of allylic oxidation sites excluding steroid dienone is 1. The third-order valence-electron chi connectivity index (χ3n) is 9.86. The van der Waals surface area contributed by atoms with E-state index >= 15 is 0 Å². The summed E-state index contributed by atoms with van der Waals surface area (Å²) in [5.74, 6) is 0.696. The highest BCUT2D eigenvalue weighted by Gasteiger charge is 2.44. The van der Waals surface area contributed by atoms with Crippen molar-refractivity contribution >= 4 is 34.6 Å². The molecule has 3 N–H and O–H groups in total. The molecule has 8 rings (SSSR count). The van der Waals surface area contributed by atoms with Crippen molar-refractivity contribution in [1.82, 2.24) is 34.9 Å². The standard InChI is InChI=1S/C38H36N8O4/c1-23-7-14-31(36(47)42-23)45-37(48)29-13-8-24(21-30(29)38(45)49)15-18-44-19-16-26(17-20-44)46-35-32(34(39)40-22-41-35)33(43-46)25-9-11-28(12-10-25)50-27-5-3-2-4-6-27/h2-6,8-13,21-22,26,31H,1,7,14-20H2,(H,42,47)(H2,39,40,41). The number of carbonyl (C=O) groups excluding carboxylic acids is 3. The number of nitrogens with two attached hydrogens (primary N) is 1. The molecule has 0 aliphatic carbocycles. The fourth-order valence-electron chi connectivity index (χ4n) is 7.19. The van der Waals surface area contributed by atoms with Crippen LogP contribution in [-0.4, -0.2) is 72.9 Å². The zero-order valence-electron chi connectivity index (χ0n) is 27.4. The monoisotopic (exact) mass is 668 g/mol. The van der Waals surface area contributed by atoms with Crippen LogP contribution >= 0.6 is 0 Å². The van der Waals surface area contributed by atoms with Gasteiger partial charge < -0.3 is 20.7 Å². The van der Waals surface area contributed by atoms with Gasteiger partial charge in [-0.15, -0.1) is 0 Å². The second kappa shape index (κ2) is 12.9. The summed E-state index contributed by atoms with van der Waals surface area (Å²) in [5, 5.41) is 8.47. The van der Waals surface area contributed by atoms with E-state index in [4.69, 9.17) is 15.6 Å². The second-order valence-corrected chi connectivity index (χ2v) is 13.0. The summed E-state index contributed by atoms with van der Waals surface area (Å²) < 4.78 is 7.98. The number of nitrogen functional groups attached to an aromatic ring is 1. The molecule has 1 unspecified atom stereocenters. The van der Waals surface area contributed by atoms with Gasteiger partial charge in [-0.05, 0) is 86.2 Å². The number of ether oxygens (including phenoxy) is 1. The van der Waals surface area contributed by atoms with Crippen molar-refractivity contribution in [2.75, 3.05) is 25.4 Å². The van der Waals surface area contributed by atoms with Gasteiger partial charge in [-0.25, -0.2) is 14.6 Å². The highest BCUT2D eigenvalue weighted by Crippen LogP contribution is 2.35. The summed E-state index contributed by atoms with van der Waals surface area (Å²) in [6, 6.07) is 22.2. The Morgan fingerprint density at radius 1 is 0.880 bits per heavy atom. The maximum Gasteiger partial charge on any atom is 0.262 e. The topological polar surface area (TPSA) is 149 Å². The molecule has 3 aliphatic heterocycles. The molecule has 0 saturated carbocycles. The molecule has 12 nitrogen and oxygen atoms in total. The van der Waals surface area contributed by atoms with Crippen LogP contribution in [0.4, 0.5) is 5.82 Å². The summed E-state index contributed by atoms with van der Waals surface area (Å²) in [7, 11) is 0. The molecule has 12 heteroatoms. The van der Waals surface area contributed by atoms with Gasteiger partial charge >= 0.3 is 0 Å². The largest absolute Gasteiger partial charge is 0.457 e. The number of fused-ring (bicyclic) bond motifs is 2. The zero-order chi connectivity index (χ0) is 34.4. The first-order valence-corrected chi connectivity index (χ1v) is 16.9. The fraction of sp³-hybridized carbons (Fsp3) is 0.263. The van der Waals surface area contributed by atoms with Crippen LogP contribution in [0.15, 0.2) is 91.4 Å². The van der Waals surface area contributed by atoms with Gasteiger partial charge in [0.15, 0.2) is 5.65 Å². The van der Waals surface area contributed by atoms with E-state index in [0.717, 1.165) is 83.1 Å². The summed E-state index contributed by atoms with van der Waals surface area (Å²) in [6.45, 7) is 6.33. The van der Waals surface area contributed by atoms with Crippen LogP contribution in [0.3, 0.4) is 0 Å². The van der Waals surface area contributed by atoms with Gasteiger partial charge in [0.05, 0.1) is 22.6 Å². The number of hydrogen-bond acceptors (Lipinski definition) is 9. The number of hydrogen-bond donors (Lipinski definition) is 2. The van der Waals surface area contributed by atoms with Crippen molar-refractivity contribution in [2.45, 2.75) is 44.2 Å². The molecular weight excluding hydrogens is 632 g/mol. The molecule has 2 aromatic heterocycles. The van der Waals surface area contributed by atoms with Crippen LogP contribution in [0.1, 0.15) is 58.0 Å². The lowest BCUT2D eigenvalue weighted by molar-refractivity contribution is -0.125. The van der Waals surface area contributed by atoms with Gasteiger partial charge in [0, 0.05) is 30.9 Å². The average molecular weight is 669 g/mol. The van der Waals surface area contributed by atoms with Crippen LogP contribution in [0.5, 0.6) is 11.5 Å². The van der Waals surface area contributed by atoms with E-state index in [1.807, 2.05) is 71.4 Å². The fourth-order valence-corrected chi connectivity index (χ4v) is 7.19. The number of nitrogens with zero attached hydrogens (tertiary/aromatic N) is 6. The van der Waals surface area contributed by atoms with E-state index in [2.05, 4.69) is 26.8 Å². The van der Waals surface area contributed by atoms with Crippen molar-refractivity contribution in [3.8, 4) is 22.8 Å². The predicted octanol–water partition coefficient (Wildman–Crippen LogP) is 5.14. The number of likely N-dealkylation sites (tertiary alicyclic amines) is 1. The van der Waals surface area contributed by atoms with Gasteiger partial charge in [0.1, 0.15) is 35.4 Å². The SMILES string of the molecule is C=C1CCC(N2C(=O)c3ccc(CCN4CCC(n5nc(-c6ccc(Oc7ccccc7)cc6)c6c(N)ncnc65)CC4)cc3C2=O)C(=O)N1. The lowest BCUT2D eigenvalue weighted by atomic mass is 10.0. The molecule has 5 aromatic rings. The molecule has 50 heavy (non-hydrogen) atoms. The van der Waals surface area contributed by atoms with Crippen molar-refractivity contribution in [2.24, 2.45) is 0 Å². The van der Waals surface area contributed by atoms with Gasteiger partial charge in [0.2, 0.25) is 5.91 Å². The average Bonchev–Trinajstić information content (AvgIpc) is 3.64. The van der Waals surface area contributed by atoms with Crippen molar-refractivity contribution in [3.05, 3.63) is 108 Å². The highest BCUT2D eigenvalue weighted by molar-refractivity contribution is 6.23. The Morgan fingerprint density at radius 2 is 1.62 bits per heavy atom. The first-order valence-electron chi connectivity index (χ1n) is 16.9. The van der Waals surface area contributed by atoms with Gasteiger partial charge in [0.25, 0.3) is 11.8 Å². The second-order valence-electron chi connectivity index (χ2n) is 13.0. The molecule has 2 saturated heterocycles. The van der Waals surface area contributed by atoms with E-state index in [9.17, 15) is 14.4 Å². The van der Waals surface area contributed by atoms with E-state index in [1.165, 1.54) is 6.33 Å². The van der Waals surface area contributed by atoms with E-state index in [0.29, 0.717) is 35.5 Å². The molecule has 5 heterocycles. The minimum Gasteiger partial charge on any atom is -0.457 e. The minimum absolute atomic E-state index is 0.140. The molecule has 0 spiro atoms. The Morgan fingerprint density at radius 3 is 2.38 bits per heavy atom. The van der Waals surface area contributed by atoms with Crippen molar-refractivity contribution in [1.29, 1.82) is 0 Å². The maximum absolute atomic E-state index is 13.3. The van der Waals surface area contributed by atoms with Crippen LogP contribution < -0.4 is 15.8 Å². The Balaban J connectivity index is 0.925. The van der Waals surface area contributed by atoms with Gasteiger partial charge in [-0.1, -0.05) is 30.8 Å². The lowest BCUT2D eigenvalue weighted by Gasteiger charge is -2.32. The Hall–Kier alpha value is -5.88. The minimum atomic E-state index is -0.816. The Bertz CT molecular complexity index is 2140. The number of anilines is 1. The molecule has 3 amide bonds. The third-order valence-corrected chi connectivity index (χ3v) is 9.86. The number of imide groups is 1. The first-order chi connectivity index (χ1) is 24.3. The first kappa shape index (κ1) is 31.4. The molecule has 3 aromatic carbocycles. The Kier molecular flexibility index (Phi) is 8.08. The number of benzene rings is 3. The summed E-state index contributed by atoms with van der Waals surface area (Å²) in [5.41, 5.74) is 11.1. The molecule has 2 fully saturated rings. The van der Waals surface area contributed by atoms with Gasteiger partial charge in [-0.3, -0.25) is 19.3 Å². The third kappa shape index (κ3) is 5.77. The number of para-hydroxylation sites is 1. The maximum atomic E-state index is 13.3. The molecular formula is C38H36N8O4. The van der Waals surface area contributed by atoms with Crippen LogP contribution in [0, 0.1) is 0 Å². The lowest BCUT2D eigenvalue weighted by Crippen LogP contribution is -2.51. The van der Waals surface area contributed by atoms with E-state index in [1.54, 1.807) is 6.07 Å². The van der Waals surface area contributed by atoms with Crippen molar-refractivity contribution in [3.63, 3.8) is 0 Å². The summed E-state index contributed by atoms with van der Waals surface area (Å²) in [6.07, 6.45) is 4.89. The quantitative estimate of drug-likeness (QED) is 0.215. The molecule has 1 atom stereocenters. The summed E-state index contributed by atoms with van der Waals surface area (Å²) in [4.78, 5) is 51.4. The molecule has 3 aliphatic rings. The van der Waals surface area contributed by atoms with Gasteiger partial charge in [-0.2, -0.15) is 5.10 Å². The molecule has 0 radical (unpaired) electrons. The Labute approximate surface area is 288 Å². The predicted molar refractivity (Wildman–Crippen MR) is 187 cm³/mol. The molecule has 252 valence electrons. The zero-order valence-corrected chi connectivity index (χ0v) is 27.4. The molecule has 0 bridgehead atoms. The van der Waals surface area contributed by atoms with E-state index < -0.39 is 17.9 Å². The van der Waals surface area contributed by atoms with Crippen LogP contribution in [-0.2, 0) is 11.2 Å². The number of carbonyl (C=O) groups is 3.